The third-order valence-corrected chi connectivity index (χ3v) is 7.97. The molecule has 1 amide bonds. The molecule has 1 aromatic carbocycles. The van der Waals surface area contributed by atoms with Crippen LogP contribution in [0.1, 0.15) is 30.6 Å². The van der Waals surface area contributed by atoms with E-state index in [1.165, 1.54) is 41.1 Å². The van der Waals surface area contributed by atoms with Crippen molar-refractivity contribution in [3.63, 3.8) is 0 Å². The van der Waals surface area contributed by atoms with Crippen molar-refractivity contribution in [1.29, 1.82) is 0 Å². The van der Waals surface area contributed by atoms with E-state index in [-0.39, 0.29) is 5.91 Å². The number of thiophene rings is 1. The van der Waals surface area contributed by atoms with E-state index in [9.17, 15) is 4.79 Å². The van der Waals surface area contributed by atoms with Crippen molar-refractivity contribution in [2.24, 2.45) is 11.8 Å². The van der Waals surface area contributed by atoms with E-state index in [1.54, 1.807) is 11.3 Å². The van der Waals surface area contributed by atoms with Gasteiger partial charge in [-0.25, -0.2) is 0 Å². The van der Waals surface area contributed by atoms with Crippen molar-refractivity contribution < 1.29 is 4.79 Å². The molecule has 0 radical (unpaired) electrons. The van der Waals surface area contributed by atoms with Gasteiger partial charge in [0.25, 0.3) is 5.91 Å². The third-order valence-electron chi connectivity index (χ3n) is 5.57. The normalized spacial score (nSPS) is 31.1. The lowest BCUT2D eigenvalue weighted by Crippen LogP contribution is -2.41. The predicted molar refractivity (Wildman–Crippen MR) is 106 cm³/mol. The fraction of sp³-hybridized carbons (Fsp3) is 0.368. The molecule has 3 unspecified atom stereocenters. The van der Waals surface area contributed by atoms with E-state index in [1.807, 2.05) is 17.0 Å². The maximum absolute atomic E-state index is 13.0. The fourth-order valence-electron chi connectivity index (χ4n) is 4.50. The van der Waals surface area contributed by atoms with Crippen LogP contribution in [0.5, 0.6) is 0 Å². The van der Waals surface area contributed by atoms with Crippen LogP contribution in [-0.4, -0.2) is 21.2 Å². The molecule has 2 aliphatic carbocycles. The van der Waals surface area contributed by atoms with Gasteiger partial charge in [-0.3, -0.25) is 9.69 Å². The molecule has 3 atom stereocenters. The van der Waals surface area contributed by atoms with Gasteiger partial charge in [0.05, 0.1) is 4.91 Å². The van der Waals surface area contributed by atoms with Gasteiger partial charge in [0.15, 0.2) is 0 Å². The molecule has 2 aromatic rings. The highest BCUT2D eigenvalue weighted by molar-refractivity contribution is 8.26. The molecule has 0 spiro atoms. The van der Waals surface area contributed by atoms with Gasteiger partial charge in [-0.1, -0.05) is 48.6 Å². The molecule has 5 rings (SSSR count). The van der Waals surface area contributed by atoms with Crippen molar-refractivity contribution in [1.82, 2.24) is 4.90 Å². The third kappa shape index (κ3) is 2.37. The predicted octanol–water partition coefficient (Wildman–Crippen LogP) is 5.29. The molecule has 2 heterocycles. The number of hydrogen-bond acceptors (Lipinski definition) is 4. The quantitative estimate of drug-likeness (QED) is 0.528. The Morgan fingerprint density at radius 1 is 1.21 bits per heavy atom. The second-order valence-corrected chi connectivity index (χ2v) is 9.77. The Labute approximate surface area is 154 Å². The molecule has 5 heteroatoms. The summed E-state index contributed by atoms with van der Waals surface area (Å²) in [5, 5.41) is 1.23. The summed E-state index contributed by atoms with van der Waals surface area (Å²) in [5.74, 6) is 1.61. The number of benzene rings is 1. The van der Waals surface area contributed by atoms with Crippen molar-refractivity contribution in [2.45, 2.75) is 31.7 Å². The molecule has 3 fully saturated rings. The van der Waals surface area contributed by atoms with Crippen LogP contribution in [0.25, 0.3) is 16.2 Å². The standard InChI is InChI=1S/C19H17NOS3/c21-18-17(10-14-9-13-3-1-2-4-16(13)23-14)24-19(22)20(18)15-8-11-5-6-12(15)7-11/h1-4,9-12,15H,5-8H2/b17-10-. The lowest BCUT2D eigenvalue weighted by atomic mass is 9.94. The van der Waals surface area contributed by atoms with Crippen LogP contribution in [0.15, 0.2) is 35.2 Å². The Bertz CT molecular complexity index is 851. The molecule has 1 aliphatic heterocycles. The van der Waals surface area contributed by atoms with Crippen molar-refractivity contribution in [3.8, 4) is 0 Å². The van der Waals surface area contributed by atoms with E-state index in [2.05, 4.69) is 24.3 Å². The summed E-state index contributed by atoms with van der Waals surface area (Å²) in [4.78, 5) is 16.8. The van der Waals surface area contributed by atoms with Gasteiger partial charge in [-0.2, -0.15) is 0 Å². The topological polar surface area (TPSA) is 20.3 Å². The zero-order valence-corrected chi connectivity index (χ0v) is 15.6. The Balaban J connectivity index is 1.45. The van der Waals surface area contributed by atoms with E-state index in [0.717, 1.165) is 26.4 Å². The summed E-state index contributed by atoms with van der Waals surface area (Å²) in [6, 6.07) is 10.8. The smallest absolute Gasteiger partial charge is 0.266 e. The monoisotopic (exact) mass is 371 g/mol. The molecule has 122 valence electrons. The molecular weight excluding hydrogens is 354 g/mol. The maximum Gasteiger partial charge on any atom is 0.266 e. The van der Waals surface area contributed by atoms with Gasteiger partial charge >= 0.3 is 0 Å². The minimum absolute atomic E-state index is 0.125. The molecule has 2 nitrogen and oxygen atoms in total. The van der Waals surface area contributed by atoms with Crippen LogP contribution in [0.4, 0.5) is 0 Å². The summed E-state index contributed by atoms with van der Waals surface area (Å²) in [5.41, 5.74) is 0. The first-order valence-electron chi connectivity index (χ1n) is 8.45. The van der Waals surface area contributed by atoms with Gasteiger partial charge in [0.2, 0.25) is 0 Å². The highest BCUT2D eigenvalue weighted by Crippen LogP contribution is 2.49. The van der Waals surface area contributed by atoms with Crippen LogP contribution < -0.4 is 0 Å². The average Bonchev–Trinajstić information content (AvgIpc) is 3.31. The molecule has 1 saturated heterocycles. The molecule has 2 saturated carbocycles. The SMILES string of the molecule is O=C1/C(=C/c2cc3ccccc3s2)SC(=S)N1C1CC2CCC1C2. The van der Waals surface area contributed by atoms with Crippen molar-refractivity contribution >= 4 is 61.7 Å². The molecule has 24 heavy (non-hydrogen) atoms. The van der Waals surface area contributed by atoms with Crippen LogP contribution >= 0.6 is 35.3 Å². The largest absolute Gasteiger partial charge is 0.289 e. The summed E-state index contributed by atoms with van der Waals surface area (Å²) in [6.07, 6.45) is 7.07. The second kappa shape index (κ2) is 5.68. The summed E-state index contributed by atoms with van der Waals surface area (Å²) in [7, 11) is 0. The number of carbonyl (C=O) groups is 1. The maximum atomic E-state index is 13.0. The number of carbonyl (C=O) groups excluding carboxylic acids is 1. The summed E-state index contributed by atoms with van der Waals surface area (Å²) < 4.78 is 2.01. The summed E-state index contributed by atoms with van der Waals surface area (Å²) in [6.45, 7) is 0. The highest BCUT2D eigenvalue weighted by Gasteiger charge is 2.47. The van der Waals surface area contributed by atoms with Gasteiger partial charge < -0.3 is 0 Å². The number of fused-ring (bicyclic) bond motifs is 3. The molecule has 2 bridgehead atoms. The number of hydrogen-bond donors (Lipinski definition) is 0. The number of nitrogens with zero attached hydrogens (tertiary/aromatic N) is 1. The lowest BCUT2D eigenvalue weighted by Gasteiger charge is -2.30. The van der Waals surface area contributed by atoms with E-state index in [4.69, 9.17) is 12.2 Å². The van der Waals surface area contributed by atoms with Crippen LogP contribution in [-0.2, 0) is 4.79 Å². The molecule has 0 N–H and O–H groups in total. The molecular formula is C19H17NOS3. The molecule has 1 aromatic heterocycles. The minimum Gasteiger partial charge on any atom is -0.289 e. The van der Waals surface area contributed by atoms with Crippen LogP contribution in [0.2, 0.25) is 0 Å². The minimum atomic E-state index is 0.125. The van der Waals surface area contributed by atoms with Gasteiger partial charge in [-0.05, 0) is 54.7 Å². The fourth-order valence-corrected chi connectivity index (χ4v) is 6.94. The number of rotatable bonds is 2. The summed E-state index contributed by atoms with van der Waals surface area (Å²) >= 11 is 8.76. The second-order valence-electron chi connectivity index (χ2n) is 6.98. The first-order chi connectivity index (χ1) is 11.7. The Hall–Kier alpha value is -1.17. The zero-order valence-electron chi connectivity index (χ0n) is 13.1. The van der Waals surface area contributed by atoms with Crippen molar-refractivity contribution in [2.75, 3.05) is 0 Å². The van der Waals surface area contributed by atoms with Crippen LogP contribution in [0, 0.1) is 11.8 Å². The first-order valence-corrected chi connectivity index (χ1v) is 10.5. The van der Waals surface area contributed by atoms with Crippen molar-refractivity contribution in [3.05, 3.63) is 40.1 Å². The Morgan fingerprint density at radius 3 is 2.83 bits per heavy atom. The van der Waals surface area contributed by atoms with Gasteiger partial charge in [0.1, 0.15) is 4.32 Å². The van der Waals surface area contributed by atoms with E-state index >= 15 is 0 Å². The highest BCUT2D eigenvalue weighted by atomic mass is 32.2. The van der Waals surface area contributed by atoms with E-state index < -0.39 is 0 Å². The zero-order chi connectivity index (χ0) is 16.3. The number of amides is 1. The first kappa shape index (κ1) is 15.1. The molecule has 3 aliphatic rings. The lowest BCUT2D eigenvalue weighted by molar-refractivity contribution is -0.124. The Kier molecular flexibility index (Phi) is 3.58. The van der Waals surface area contributed by atoms with Gasteiger partial charge in [-0.15, -0.1) is 11.3 Å². The average molecular weight is 372 g/mol. The van der Waals surface area contributed by atoms with Gasteiger partial charge in [0, 0.05) is 15.6 Å². The number of thioether (sulfide) groups is 1. The number of thiocarbonyl (C=S) groups is 1. The van der Waals surface area contributed by atoms with E-state index in [0.29, 0.717) is 12.0 Å². The van der Waals surface area contributed by atoms with Crippen LogP contribution in [0.3, 0.4) is 0 Å². The Morgan fingerprint density at radius 2 is 2.08 bits per heavy atom.